The molecule has 1 aliphatic heterocycles. The molecule has 4 rings (SSSR count). The van der Waals surface area contributed by atoms with Crippen molar-refractivity contribution in [2.24, 2.45) is 0 Å². The van der Waals surface area contributed by atoms with Crippen molar-refractivity contribution in [3.05, 3.63) is 77.9 Å². The molecule has 0 saturated heterocycles. The number of ether oxygens (including phenoxy) is 1. The monoisotopic (exact) mass is 408 g/mol. The standard InChI is InChI=1S/C21H16N2O5S/c1-13(24)14-6-9-16(10-7-14)29(26,27)23-15-8-11-19-17(12-15)21(25)22-18-4-2-3-5-20(18)28-19/h2-12,23H,1H3,(H,22,25). The Labute approximate surface area is 167 Å². The number of hydrogen-bond donors (Lipinski definition) is 2. The molecule has 0 bridgehead atoms. The first kappa shape index (κ1) is 18.7. The summed E-state index contributed by atoms with van der Waals surface area (Å²) in [7, 11) is -3.90. The van der Waals surface area contributed by atoms with Gasteiger partial charge in [0, 0.05) is 11.3 Å². The van der Waals surface area contributed by atoms with Crippen LogP contribution in [0.2, 0.25) is 0 Å². The van der Waals surface area contributed by atoms with Gasteiger partial charge in [0.25, 0.3) is 15.9 Å². The Morgan fingerprint density at radius 2 is 1.69 bits per heavy atom. The molecule has 1 aliphatic rings. The molecular formula is C21H16N2O5S. The van der Waals surface area contributed by atoms with Gasteiger partial charge in [-0.05, 0) is 49.4 Å². The predicted molar refractivity (Wildman–Crippen MR) is 108 cm³/mol. The van der Waals surface area contributed by atoms with E-state index in [1.165, 1.54) is 49.4 Å². The van der Waals surface area contributed by atoms with Crippen LogP contribution in [0.15, 0.2) is 71.6 Å². The van der Waals surface area contributed by atoms with E-state index in [9.17, 15) is 18.0 Å². The fourth-order valence-corrected chi connectivity index (χ4v) is 3.96. The summed E-state index contributed by atoms with van der Waals surface area (Å²) < 4.78 is 33.5. The highest BCUT2D eigenvalue weighted by molar-refractivity contribution is 7.92. The van der Waals surface area contributed by atoms with E-state index in [2.05, 4.69) is 10.0 Å². The summed E-state index contributed by atoms with van der Waals surface area (Å²) in [6.45, 7) is 1.41. The first-order chi connectivity index (χ1) is 13.8. The Kier molecular flexibility index (Phi) is 4.56. The number of benzene rings is 3. The van der Waals surface area contributed by atoms with Crippen molar-refractivity contribution in [1.29, 1.82) is 0 Å². The largest absolute Gasteiger partial charge is 0.454 e. The maximum Gasteiger partial charge on any atom is 0.261 e. The third-order valence-electron chi connectivity index (χ3n) is 4.40. The number of carbonyl (C=O) groups excluding carboxylic acids is 2. The number of Topliss-reactive ketones (excluding diaryl/α,β-unsaturated/α-hetero) is 1. The SMILES string of the molecule is CC(=O)c1ccc(S(=O)(=O)Nc2ccc3c(c2)C(=O)Nc2ccccc2O3)cc1. The first-order valence-electron chi connectivity index (χ1n) is 8.69. The Morgan fingerprint density at radius 3 is 2.41 bits per heavy atom. The quantitative estimate of drug-likeness (QED) is 0.634. The molecule has 146 valence electrons. The highest BCUT2D eigenvalue weighted by Gasteiger charge is 2.22. The van der Waals surface area contributed by atoms with Gasteiger partial charge < -0.3 is 10.1 Å². The predicted octanol–water partition coefficient (Wildman–Crippen LogP) is 4.05. The van der Waals surface area contributed by atoms with E-state index >= 15 is 0 Å². The number of anilines is 2. The molecule has 2 N–H and O–H groups in total. The third-order valence-corrected chi connectivity index (χ3v) is 5.80. The van der Waals surface area contributed by atoms with Gasteiger partial charge in [0.05, 0.1) is 16.1 Å². The van der Waals surface area contributed by atoms with Gasteiger partial charge in [-0.2, -0.15) is 0 Å². The number of fused-ring (bicyclic) bond motifs is 2. The summed E-state index contributed by atoms with van der Waals surface area (Å²) in [4.78, 5) is 23.9. The van der Waals surface area contributed by atoms with E-state index in [0.717, 1.165) is 0 Å². The molecule has 1 heterocycles. The van der Waals surface area contributed by atoms with Crippen LogP contribution in [0.4, 0.5) is 11.4 Å². The van der Waals surface area contributed by atoms with Crippen LogP contribution in [0.3, 0.4) is 0 Å². The summed E-state index contributed by atoms with van der Waals surface area (Å²) in [6, 6.07) is 17.1. The second-order valence-electron chi connectivity index (χ2n) is 6.45. The number of amides is 1. The Hall–Kier alpha value is -3.65. The minimum Gasteiger partial charge on any atom is -0.454 e. The van der Waals surface area contributed by atoms with Crippen LogP contribution in [-0.2, 0) is 10.0 Å². The molecule has 0 atom stereocenters. The van der Waals surface area contributed by atoms with Gasteiger partial charge in [0.2, 0.25) is 0 Å². The molecule has 3 aromatic rings. The van der Waals surface area contributed by atoms with Gasteiger partial charge in [0.15, 0.2) is 11.5 Å². The van der Waals surface area contributed by atoms with E-state index < -0.39 is 15.9 Å². The molecule has 8 heteroatoms. The van der Waals surface area contributed by atoms with Crippen molar-refractivity contribution in [2.75, 3.05) is 10.0 Å². The summed E-state index contributed by atoms with van der Waals surface area (Å²) in [6.07, 6.45) is 0. The zero-order chi connectivity index (χ0) is 20.6. The molecule has 0 radical (unpaired) electrons. The molecule has 29 heavy (non-hydrogen) atoms. The van der Waals surface area contributed by atoms with Crippen LogP contribution in [0.25, 0.3) is 0 Å². The number of ketones is 1. The van der Waals surface area contributed by atoms with Gasteiger partial charge >= 0.3 is 0 Å². The average molecular weight is 408 g/mol. The van der Waals surface area contributed by atoms with Gasteiger partial charge in [-0.15, -0.1) is 0 Å². The average Bonchev–Trinajstić information content (AvgIpc) is 2.83. The number of nitrogens with one attached hydrogen (secondary N) is 2. The van der Waals surface area contributed by atoms with Crippen molar-refractivity contribution in [1.82, 2.24) is 0 Å². The Bertz CT molecular complexity index is 1230. The Morgan fingerprint density at radius 1 is 0.966 bits per heavy atom. The van der Waals surface area contributed by atoms with Crippen molar-refractivity contribution in [3.8, 4) is 11.5 Å². The van der Waals surface area contributed by atoms with E-state index in [-0.39, 0.29) is 21.9 Å². The van der Waals surface area contributed by atoms with Crippen LogP contribution >= 0.6 is 0 Å². The van der Waals surface area contributed by atoms with Crippen molar-refractivity contribution in [3.63, 3.8) is 0 Å². The second kappa shape index (κ2) is 7.06. The number of sulfonamides is 1. The smallest absolute Gasteiger partial charge is 0.261 e. The lowest BCUT2D eigenvalue weighted by Crippen LogP contribution is -2.15. The second-order valence-corrected chi connectivity index (χ2v) is 8.13. The van der Waals surface area contributed by atoms with E-state index in [1.807, 2.05) is 0 Å². The molecule has 0 aromatic heterocycles. The van der Waals surface area contributed by atoms with Crippen LogP contribution in [-0.4, -0.2) is 20.1 Å². The van der Waals surface area contributed by atoms with E-state index in [4.69, 9.17) is 4.74 Å². The fraction of sp³-hybridized carbons (Fsp3) is 0.0476. The topological polar surface area (TPSA) is 102 Å². The third kappa shape index (κ3) is 3.70. The number of para-hydroxylation sites is 2. The normalized spacial score (nSPS) is 12.7. The highest BCUT2D eigenvalue weighted by Crippen LogP contribution is 2.36. The zero-order valence-electron chi connectivity index (χ0n) is 15.3. The zero-order valence-corrected chi connectivity index (χ0v) is 16.1. The maximum atomic E-state index is 12.7. The van der Waals surface area contributed by atoms with Crippen LogP contribution in [0.5, 0.6) is 11.5 Å². The molecular weight excluding hydrogens is 392 g/mol. The number of hydrogen-bond acceptors (Lipinski definition) is 5. The van der Waals surface area contributed by atoms with Gasteiger partial charge in [0.1, 0.15) is 5.75 Å². The molecule has 0 aliphatic carbocycles. The fourth-order valence-electron chi connectivity index (χ4n) is 2.91. The summed E-state index contributed by atoms with van der Waals surface area (Å²) in [5.74, 6) is 0.260. The summed E-state index contributed by atoms with van der Waals surface area (Å²) in [5, 5.41) is 2.74. The molecule has 0 unspecified atom stereocenters. The van der Waals surface area contributed by atoms with Gasteiger partial charge in [-0.25, -0.2) is 8.42 Å². The lowest BCUT2D eigenvalue weighted by Gasteiger charge is -2.11. The van der Waals surface area contributed by atoms with Crippen LogP contribution < -0.4 is 14.8 Å². The molecule has 1 amide bonds. The van der Waals surface area contributed by atoms with Gasteiger partial charge in [-0.1, -0.05) is 24.3 Å². The van der Waals surface area contributed by atoms with Crippen LogP contribution in [0, 0.1) is 0 Å². The first-order valence-corrected chi connectivity index (χ1v) is 10.2. The molecule has 0 saturated carbocycles. The van der Waals surface area contributed by atoms with E-state index in [0.29, 0.717) is 22.7 Å². The maximum absolute atomic E-state index is 12.7. The molecule has 0 spiro atoms. The summed E-state index contributed by atoms with van der Waals surface area (Å²) >= 11 is 0. The highest BCUT2D eigenvalue weighted by atomic mass is 32.2. The number of carbonyl (C=O) groups is 2. The Balaban J connectivity index is 1.63. The van der Waals surface area contributed by atoms with Crippen molar-refractivity contribution in [2.45, 2.75) is 11.8 Å². The molecule has 7 nitrogen and oxygen atoms in total. The minimum atomic E-state index is -3.90. The lowest BCUT2D eigenvalue weighted by atomic mass is 10.1. The summed E-state index contributed by atoms with van der Waals surface area (Å²) in [5.41, 5.74) is 1.36. The van der Waals surface area contributed by atoms with Crippen LogP contribution in [0.1, 0.15) is 27.6 Å². The van der Waals surface area contributed by atoms with Gasteiger partial charge in [-0.3, -0.25) is 14.3 Å². The number of rotatable bonds is 4. The van der Waals surface area contributed by atoms with Crippen molar-refractivity contribution < 1.29 is 22.7 Å². The van der Waals surface area contributed by atoms with E-state index in [1.54, 1.807) is 24.3 Å². The molecule has 0 fully saturated rings. The molecule has 3 aromatic carbocycles. The minimum absolute atomic E-state index is 0.00514. The lowest BCUT2D eigenvalue weighted by molar-refractivity contribution is 0.101. The van der Waals surface area contributed by atoms with Crippen molar-refractivity contribution >= 4 is 33.1 Å².